The predicted molar refractivity (Wildman–Crippen MR) is 64.1 cm³/mol. The first-order chi connectivity index (χ1) is 6.77. The first-order valence-electron chi connectivity index (χ1n) is 4.95. The van der Waals surface area contributed by atoms with Crippen LogP contribution in [0.15, 0.2) is 12.3 Å². The molecule has 0 aliphatic rings. The lowest BCUT2D eigenvalue weighted by Gasteiger charge is -2.07. The minimum atomic E-state index is 0.502. The van der Waals surface area contributed by atoms with E-state index in [1.165, 1.54) is 0 Å². The predicted octanol–water partition coefficient (Wildman–Crippen LogP) is 3.33. The van der Waals surface area contributed by atoms with Gasteiger partial charge in [-0.05, 0) is 19.4 Å². The van der Waals surface area contributed by atoms with Gasteiger partial charge in [0.15, 0.2) is 0 Å². The van der Waals surface area contributed by atoms with E-state index in [2.05, 4.69) is 31.2 Å². The van der Waals surface area contributed by atoms with Crippen molar-refractivity contribution in [1.82, 2.24) is 9.78 Å². The number of nitrogens with zero attached hydrogens (tertiary/aromatic N) is 2. The van der Waals surface area contributed by atoms with Crippen LogP contribution in [0.3, 0.4) is 0 Å². The minimum absolute atomic E-state index is 0.502. The summed E-state index contributed by atoms with van der Waals surface area (Å²) in [4.78, 5) is 0. The molecule has 0 saturated carbocycles. The minimum Gasteiger partial charge on any atom is -0.270 e. The van der Waals surface area contributed by atoms with Crippen molar-refractivity contribution in [3.63, 3.8) is 0 Å². The molecule has 4 heteroatoms. The van der Waals surface area contributed by atoms with Crippen molar-refractivity contribution in [2.45, 2.75) is 32.1 Å². The van der Waals surface area contributed by atoms with E-state index in [1.54, 1.807) is 0 Å². The summed E-state index contributed by atoms with van der Waals surface area (Å²) in [7, 11) is 0. The topological polar surface area (TPSA) is 17.8 Å². The van der Waals surface area contributed by atoms with Crippen molar-refractivity contribution in [1.29, 1.82) is 0 Å². The fraction of sp³-hybridized carbons (Fsp3) is 0.700. The quantitative estimate of drug-likeness (QED) is 0.553. The van der Waals surface area contributed by atoms with Gasteiger partial charge in [0.1, 0.15) is 0 Å². The van der Waals surface area contributed by atoms with Crippen LogP contribution in [0, 0.1) is 0 Å². The molecule has 0 amide bonds. The SMILES string of the molecule is CCC(C)n1ccc(CSCCCl)n1. The van der Waals surface area contributed by atoms with Crippen LogP contribution in [-0.2, 0) is 5.75 Å². The van der Waals surface area contributed by atoms with Gasteiger partial charge in [0.25, 0.3) is 0 Å². The van der Waals surface area contributed by atoms with E-state index in [9.17, 15) is 0 Å². The Morgan fingerprint density at radius 3 is 3.07 bits per heavy atom. The lowest BCUT2D eigenvalue weighted by molar-refractivity contribution is 0.475. The maximum atomic E-state index is 5.60. The molecule has 1 unspecified atom stereocenters. The van der Waals surface area contributed by atoms with Gasteiger partial charge in [0, 0.05) is 29.6 Å². The molecule has 1 atom stereocenters. The number of thioether (sulfide) groups is 1. The third-order valence-corrected chi connectivity index (χ3v) is 3.58. The van der Waals surface area contributed by atoms with Crippen molar-refractivity contribution >= 4 is 23.4 Å². The lowest BCUT2D eigenvalue weighted by atomic mass is 10.3. The highest BCUT2D eigenvalue weighted by atomic mass is 35.5. The van der Waals surface area contributed by atoms with Gasteiger partial charge in [-0.2, -0.15) is 16.9 Å². The number of aromatic nitrogens is 2. The molecule has 0 spiro atoms. The molecule has 1 aromatic heterocycles. The Kier molecular flexibility index (Phi) is 5.41. The van der Waals surface area contributed by atoms with Gasteiger partial charge >= 0.3 is 0 Å². The van der Waals surface area contributed by atoms with E-state index < -0.39 is 0 Å². The number of alkyl halides is 1. The van der Waals surface area contributed by atoms with Crippen molar-refractivity contribution in [3.8, 4) is 0 Å². The number of hydrogen-bond donors (Lipinski definition) is 0. The Morgan fingerprint density at radius 1 is 1.64 bits per heavy atom. The van der Waals surface area contributed by atoms with Gasteiger partial charge < -0.3 is 0 Å². The maximum Gasteiger partial charge on any atom is 0.0723 e. The number of hydrogen-bond acceptors (Lipinski definition) is 2. The first-order valence-corrected chi connectivity index (χ1v) is 6.64. The average Bonchev–Trinajstić information content (AvgIpc) is 2.66. The van der Waals surface area contributed by atoms with Gasteiger partial charge in [-0.25, -0.2) is 0 Å². The zero-order valence-electron chi connectivity index (χ0n) is 8.74. The van der Waals surface area contributed by atoms with Crippen molar-refractivity contribution in [2.75, 3.05) is 11.6 Å². The second-order valence-corrected chi connectivity index (χ2v) is 4.77. The normalized spacial score (nSPS) is 13.1. The molecule has 2 nitrogen and oxygen atoms in total. The fourth-order valence-corrected chi connectivity index (χ4v) is 2.06. The maximum absolute atomic E-state index is 5.60. The van der Waals surface area contributed by atoms with Crippen LogP contribution in [-0.4, -0.2) is 21.4 Å². The molecule has 1 aromatic rings. The highest BCUT2D eigenvalue weighted by Gasteiger charge is 2.03. The molecular weight excluding hydrogens is 216 g/mol. The zero-order chi connectivity index (χ0) is 10.4. The molecule has 0 aliphatic carbocycles. The smallest absolute Gasteiger partial charge is 0.0723 e. The molecule has 1 rings (SSSR count). The van der Waals surface area contributed by atoms with Crippen LogP contribution >= 0.6 is 23.4 Å². The van der Waals surface area contributed by atoms with Gasteiger partial charge in [-0.15, -0.1) is 11.6 Å². The molecule has 14 heavy (non-hydrogen) atoms. The van der Waals surface area contributed by atoms with Crippen LogP contribution in [0.25, 0.3) is 0 Å². The fourth-order valence-electron chi connectivity index (χ4n) is 1.12. The Bertz CT molecular complexity index is 262. The molecule has 0 aromatic carbocycles. The lowest BCUT2D eigenvalue weighted by Crippen LogP contribution is -2.04. The van der Waals surface area contributed by atoms with E-state index >= 15 is 0 Å². The van der Waals surface area contributed by atoms with E-state index in [4.69, 9.17) is 11.6 Å². The highest BCUT2D eigenvalue weighted by molar-refractivity contribution is 7.98. The van der Waals surface area contributed by atoms with E-state index in [1.807, 2.05) is 16.4 Å². The summed E-state index contributed by atoms with van der Waals surface area (Å²) < 4.78 is 2.04. The molecule has 0 N–H and O–H groups in total. The molecule has 1 heterocycles. The second-order valence-electron chi connectivity index (χ2n) is 3.29. The van der Waals surface area contributed by atoms with Crippen LogP contribution < -0.4 is 0 Å². The van der Waals surface area contributed by atoms with Crippen LogP contribution in [0.5, 0.6) is 0 Å². The number of halogens is 1. The summed E-state index contributed by atoms with van der Waals surface area (Å²) in [6.07, 6.45) is 3.18. The van der Waals surface area contributed by atoms with Crippen molar-refractivity contribution in [3.05, 3.63) is 18.0 Å². The molecular formula is C10H17ClN2S. The Morgan fingerprint density at radius 2 is 2.43 bits per heavy atom. The van der Waals surface area contributed by atoms with Crippen LogP contribution in [0.1, 0.15) is 32.0 Å². The summed E-state index contributed by atoms with van der Waals surface area (Å²) in [5.41, 5.74) is 1.15. The summed E-state index contributed by atoms with van der Waals surface area (Å²) in [6.45, 7) is 4.36. The standard InChI is InChI=1S/C10H17ClN2S/c1-3-9(2)13-6-4-10(12-13)8-14-7-5-11/h4,6,9H,3,5,7-8H2,1-2H3. The molecule has 0 bridgehead atoms. The summed E-state index contributed by atoms with van der Waals surface area (Å²) in [5, 5.41) is 4.51. The van der Waals surface area contributed by atoms with E-state index in [0.29, 0.717) is 6.04 Å². The zero-order valence-corrected chi connectivity index (χ0v) is 10.3. The molecule has 0 radical (unpaired) electrons. The van der Waals surface area contributed by atoms with Gasteiger partial charge in [-0.3, -0.25) is 4.68 Å². The number of rotatable bonds is 6. The Hall–Kier alpha value is -0.150. The van der Waals surface area contributed by atoms with Crippen molar-refractivity contribution in [2.24, 2.45) is 0 Å². The Balaban J connectivity index is 2.42. The summed E-state index contributed by atoms with van der Waals surface area (Å²) in [6, 6.07) is 2.59. The van der Waals surface area contributed by atoms with Gasteiger partial charge in [-0.1, -0.05) is 6.92 Å². The first kappa shape index (κ1) is 11.9. The second kappa shape index (κ2) is 6.36. The third-order valence-electron chi connectivity index (χ3n) is 2.18. The van der Waals surface area contributed by atoms with Gasteiger partial charge in [0.05, 0.1) is 5.69 Å². The third kappa shape index (κ3) is 3.54. The Labute approximate surface area is 95.0 Å². The van der Waals surface area contributed by atoms with Gasteiger partial charge in [0.2, 0.25) is 0 Å². The molecule has 0 saturated heterocycles. The molecule has 80 valence electrons. The summed E-state index contributed by atoms with van der Waals surface area (Å²) in [5.74, 6) is 2.69. The largest absolute Gasteiger partial charge is 0.270 e. The molecule has 0 aliphatic heterocycles. The monoisotopic (exact) mass is 232 g/mol. The van der Waals surface area contributed by atoms with Crippen LogP contribution in [0.4, 0.5) is 0 Å². The highest BCUT2D eigenvalue weighted by Crippen LogP contribution is 2.13. The summed E-state index contributed by atoms with van der Waals surface area (Å²) >= 11 is 7.43. The van der Waals surface area contributed by atoms with E-state index in [-0.39, 0.29) is 0 Å². The van der Waals surface area contributed by atoms with Crippen LogP contribution in [0.2, 0.25) is 0 Å². The van der Waals surface area contributed by atoms with E-state index in [0.717, 1.165) is 29.5 Å². The van der Waals surface area contributed by atoms with Crippen molar-refractivity contribution < 1.29 is 0 Å². The molecule has 0 fully saturated rings. The average molecular weight is 233 g/mol.